The van der Waals surface area contributed by atoms with Gasteiger partial charge in [-0.2, -0.15) is 5.26 Å². The summed E-state index contributed by atoms with van der Waals surface area (Å²) in [6, 6.07) is 3.84. The van der Waals surface area contributed by atoms with Crippen molar-refractivity contribution in [1.82, 2.24) is 0 Å². The van der Waals surface area contributed by atoms with Gasteiger partial charge in [0.2, 0.25) is 0 Å². The minimum atomic E-state index is -0.656. The largest absolute Gasteiger partial charge is 0.206 e. The highest BCUT2D eigenvalue weighted by Gasteiger charge is 2.14. The molecule has 1 aromatic carbocycles. The Labute approximate surface area is 92.1 Å². The number of benzene rings is 1. The summed E-state index contributed by atoms with van der Waals surface area (Å²) in [6.45, 7) is 3.86. The van der Waals surface area contributed by atoms with Crippen LogP contribution in [0.1, 0.15) is 25.8 Å². The number of hydrogen-bond donors (Lipinski definition) is 0. The van der Waals surface area contributed by atoms with E-state index in [-0.39, 0.29) is 15.7 Å². The molecule has 0 aliphatic heterocycles. The zero-order valence-electron chi connectivity index (χ0n) is 8.55. The molecule has 0 aromatic heterocycles. The Balaban J connectivity index is 3.04. The van der Waals surface area contributed by atoms with Crippen molar-refractivity contribution in [3.63, 3.8) is 0 Å². The zero-order valence-corrected chi connectivity index (χ0v) is 9.37. The van der Waals surface area contributed by atoms with Gasteiger partial charge in [-0.25, -0.2) is 8.78 Å². The third-order valence-electron chi connectivity index (χ3n) is 2.02. The van der Waals surface area contributed by atoms with E-state index in [0.717, 1.165) is 30.3 Å². The van der Waals surface area contributed by atoms with Crippen LogP contribution in [0.15, 0.2) is 17.0 Å². The van der Waals surface area contributed by atoms with Gasteiger partial charge in [0.05, 0.1) is 16.5 Å². The van der Waals surface area contributed by atoms with Crippen LogP contribution in [0.2, 0.25) is 0 Å². The molecule has 4 heteroatoms. The second-order valence-corrected chi connectivity index (χ2v) is 4.67. The van der Waals surface area contributed by atoms with Crippen molar-refractivity contribution >= 4 is 11.8 Å². The van der Waals surface area contributed by atoms with E-state index in [1.54, 1.807) is 6.07 Å². The molecular formula is C11H11F2NS. The van der Waals surface area contributed by atoms with Gasteiger partial charge in [-0.05, 0) is 18.6 Å². The minimum Gasteiger partial charge on any atom is -0.206 e. The Bertz CT molecular complexity index is 375. The molecule has 1 rings (SSSR count). The summed E-state index contributed by atoms with van der Waals surface area (Å²) in [6.07, 6.45) is 0.837. The zero-order chi connectivity index (χ0) is 11.4. The van der Waals surface area contributed by atoms with Crippen molar-refractivity contribution in [2.24, 2.45) is 0 Å². The van der Waals surface area contributed by atoms with Crippen molar-refractivity contribution in [3.8, 4) is 6.07 Å². The molecule has 0 fully saturated rings. The average molecular weight is 227 g/mol. The van der Waals surface area contributed by atoms with E-state index in [1.165, 1.54) is 0 Å². The monoisotopic (exact) mass is 227 g/mol. The number of rotatable bonds is 3. The molecule has 0 saturated carbocycles. The topological polar surface area (TPSA) is 23.8 Å². The summed E-state index contributed by atoms with van der Waals surface area (Å²) < 4.78 is 26.8. The highest BCUT2D eigenvalue weighted by atomic mass is 32.2. The number of nitriles is 1. The first kappa shape index (κ1) is 12.0. The average Bonchev–Trinajstić information content (AvgIpc) is 2.22. The third kappa shape index (κ3) is 2.93. The summed E-state index contributed by atoms with van der Waals surface area (Å²) in [5.74, 6) is -1.31. The van der Waals surface area contributed by atoms with Crippen LogP contribution in [0.25, 0.3) is 0 Å². The maximum absolute atomic E-state index is 13.4. The van der Waals surface area contributed by atoms with Crippen molar-refractivity contribution in [2.75, 3.05) is 0 Å². The molecule has 1 nitrogen and oxygen atoms in total. The van der Waals surface area contributed by atoms with E-state index >= 15 is 0 Å². The Morgan fingerprint density at radius 1 is 1.40 bits per heavy atom. The number of thioether (sulfide) groups is 1. The molecule has 0 bridgehead atoms. The third-order valence-corrected chi connectivity index (χ3v) is 3.38. The lowest BCUT2D eigenvalue weighted by atomic mass is 10.2. The SMILES string of the molecule is CCC(C)Sc1c(F)cc(C#N)cc1F. The normalized spacial score (nSPS) is 12.2. The Kier molecular flexibility index (Phi) is 4.10. The summed E-state index contributed by atoms with van der Waals surface area (Å²) >= 11 is 1.16. The van der Waals surface area contributed by atoms with Crippen LogP contribution in [0.3, 0.4) is 0 Å². The molecule has 0 saturated heterocycles. The van der Waals surface area contributed by atoms with E-state index in [9.17, 15) is 8.78 Å². The molecule has 0 radical (unpaired) electrons. The summed E-state index contributed by atoms with van der Waals surface area (Å²) in [5.41, 5.74) is 0.0125. The summed E-state index contributed by atoms with van der Waals surface area (Å²) in [4.78, 5) is 0.00310. The lowest BCUT2D eigenvalue weighted by Gasteiger charge is -2.09. The van der Waals surface area contributed by atoms with Crippen molar-refractivity contribution < 1.29 is 8.78 Å². The highest BCUT2D eigenvalue weighted by molar-refractivity contribution is 8.00. The van der Waals surface area contributed by atoms with Gasteiger partial charge < -0.3 is 0 Å². The van der Waals surface area contributed by atoms with Gasteiger partial charge in [0, 0.05) is 5.25 Å². The predicted octanol–water partition coefficient (Wildman–Crippen LogP) is 3.73. The molecule has 1 atom stereocenters. The van der Waals surface area contributed by atoms with Gasteiger partial charge >= 0.3 is 0 Å². The molecule has 0 amide bonds. The van der Waals surface area contributed by atoms with Gasteiger partial charge in [-0.3, -0.25) is 0 Å². The standard InChI is InChI=1S/C11H11F2NS/c1-3-7(2)15-11-9(12)4-8(6-14)5-10(11)13/h4-5,7H,3H2,1-2H3. The fourth-order valence-corrected chi connectivity index (χ4v) is 1.93. The van der Waals surface area contributed by atoms with Gasteiger partial charge in [0.25, 0.3) is 0 Å². The number of halogens is 2. The van der Waals surface area contributed by atoms with Gasteiger partial charge in [0.1, 0.15) is 11.6 Å². The van der Waals surface area contributed by atoms with Crippen LogP contribution < -0.4 is 0 Å². The molecular weight excluding hydrogens is 216 g/mol. The molecule has 15 heavy (non-hydrogen) atoms. The van der Waals surface area contributed by atoms with Crippen LogP contribution in [0.5, 0.6) is 0 Å². The minimum absolute atomic E-state index is 0.00310. The van der Waals surface area contributed by atoms with Crippen LogP contribution in [-0.4, -0.2) is 5.25 Å². The van der Waals surface area contributed by atoms with Crippen molar-refractivity contribution in [3.05, 3.63) is 29.3 Å². The number of hydrogen-bond acceptors (Lipinski definition) is 2. The van der Waals surface area contributed by atoms with E-state index in [2.05, 4.69) is 0 Å². The van der Waals surface area contributed by atoms with Gasteiger partial charge in [-0.1, -0.05) is 13.8 Å². The van der Waals surface area contributed by atoms with Crippen LogP contribution in [0.4, 0.5) is 8.78 Å². The molecule has 1 unspecified atom stereocenters. The fourth-order valence-electron chi connectivity index (χ4n) is 1.02. The summed E-state index contributed by atoms with van der Waals surface area (Å²) in [7, 11) is 0. The van der Waals surface area contributed by atoms with E-state index in [0.29, 0.717) is 0 Å². The van der Waals surface area contributed by atoms with E-state index in [4.69, 9.17) is 5.26 Å². The highest BCUT2D eigenvalue weighted by Crippen LogP contribution is 2.30. The van der Waals surface area contributed by atoms with Crippen molar-refractivity contribution in [2.45, 2.75) is 30.4 Å². The number of nitrogens with zero attached hydrogens (tertiary/aromatic N) is 1. The Morgan fingerprint density at radius 3 is 2.33 bits per heavy atom. The van der Waals surface area contributed by atoms with Crippen molar-refractivity contribution in [1.29, 1.82) is 5.26 Å². The molecule has 0 N–H and O–H groups in total. The second-order valence-electron chi connectivity index (χ2n) is 3.22. The molecule has 80 valence electrons. The second kappa shape index (κ2) is 5.13. The van der Waals surface area contributed by atoms with Gasteiger partial charge in [0.15, 0.2) is 0 Å². The first-order chi connectivity index (χ1) is 7.08. The smallest absolute Gasteiger partial charge is 0.141 e. The molecule has 0 aliphatic rings. The lowest BCUT2D eigenvalue weighted by Crippen LogP contribution is -1.97. The van der Waals surface area contributed by atoms with Crippen LogP contribution >= 0.6 is 11.8 Å². The van der Waals surface area contributed by atoms with E-state index in [1.807, 2.05) is 13.8 Å². The summed E-state index contributed by atoms with van der Waals surface area (Å²) in [5, 5.41) is 8.67. The first-order valence-corrected chi connectivity index (χ1v) is 5.52. The molecule has 0 aliphatic carbocycles. The molecule has 0 heterocycles. The lowest BCUT2D eigenvalue weighted by molar-refractivity contribution is 0.539. The quantitative estimate of drug-likeness (QED) is 0.735. The van der Waals surface area contributed by atoms with Crippen LogP contribution in [-0.2, 0) is 0 Å². The predicted molar refractivity (Wildman–Crippen MR) is 56.7 cm³/mol. The maximum Gasteiger partial charge on any atom is 0.141 e. The Hall–Kier alpha value is -1.08. The molecule has 0 spiro atoms. The van der Waals surface area contributed by atoms with E-state index < -0.39 is 11.6 Å². The van der Waals surface area contributed by atoms with Crippen LogP contribution in [0, 0.1) is 23.0 Å². The Morgan fingerprint density at radius 2 is 1.93 bits per heavy atom. The first-order valence-electron chi connectivity index (χ1n) is 4.64. The molecule has 1 aromatic rings. The maximum atomic E-state index is 13.4. The fraction of sp³-hybridized carbons (Fsp3) is 0.364. The van der Waals surface area contributed by atoms with Gasteiger partial charge in [-0.15, -0.1) is 11.8 Å².